The van der Waals surface area contributed by atoms with E-state index in [-0.39, 0.29) is 0 Å². The average Bonchev–Trinajstić information content (AvgIpc) is 2.23. The number of benzene rings is 1. The molecule has 0 N–H and O–H groups in total. The van der Waals surface area contributed by atoms with Crippen molar-refractivity contribution in [3.05, 3.63) is 17.2 Å². The topological polar surface area (TPSA) is 0 Å². The fraction of sp³-hybridized carbons (Fsp3) is 0.200. The first-order valence-corrected chi connectivity index (χ1v) is 5.71. The Labute approximate surface area is 110 Å². The van der Waals surface area contributed by atoms with Gasteiger partial charge < -0.3 is 0 Å². The molecule has 0 nitrogen and oxygen atoms in total. The van der Waals surface area contributed by atoms with E-state index in [1.807, 2.05) is 19.9 Å². The molecule has 5 heteroatoms. The zero-order valence-electron chi connectivity index (χ0n) is 8.57. The van der Waals surface area contributed by atoms with Crippen LogP contribution in [-0.2, 0) is 0 Å². The van der Waals surface area contributed by atoms with E-state index in [9.17, 15) is 0 Å². The predicted molar refractivity (Wildman–Crippen MR) is 79.1 cm³/mol. The number of hydrogen-bond acceptors (Lipinski definition) is 3. The van der Waals surface area contributed by atoms with Crippen LogP contribution in [0.5, 0.6) is 0 Å². The van der Waals surface area contributed by atoms with Gasteiger partial charge in [-0.3, -0.25) is 0 Å². The molecule has 0 heterocycles. The highest BCUT2D eigenvalue weighted by molar-refractivity contribution is 7.90. The van der Waals surface area contributed by atoms with Gasteiger partial charge >= 0.3 is 0 Å². The lowest BCUT2D eigenvalue weighted by atomic mass is 9.78. The molecule has 15 heavy (non-hydrogen) atoms. The molecular formula is C10H10B2S3. The van der Waals surface area contributed by atoms with Crippen molar-refractivity contribution in [1.82, 2.24) is 0 Å². The Balaban J connectivity index is 3.67. The van der Waals surface area contributed by atoms with E-state index >= 15 is 0 Å². The molecule has 0 unspecified atom stereocenters. The van der Waals surface area contributed by atoms with Gasteiger partial charge in [0.15, 0.2) is 0 Å². The van der Waals surface area contributed by atoms with Crippen molar-refractivity contribution in [1.29, 1.82) is 0 Å². The summed E-state index contributed by atoms with van der Waals surface area (Å²) in [5, 5.41) is 0. The van der Waals surface area contributed by atoms with Crippen molar-refractivity contribution in [2.24, 2.45) is 0 Å². The minimum atomic E-state index is 0.571. The van der Waals surface area contributed by atoms with E-state index in [4.69, 9.17) is 15.7 Å². The summed E-state index contributed by atoms with van der Waals surface area (Å²) in [7, 11) is 11.8. The summed E-state index contributed by atoms with van der Waals surface area (Å²) in [5.74, 6) is 0. The fourth-order valence-electron chi connectivity index (χ4n) is 1.29. The Bertz CT molecular complexity index is 410. The third kappa shape index (κ3) is 2.29. The maximum absolute atomic E-state index is 5.98. The van der Waals surface area contributed by atoms with Gasteiger partial charge in [0.1, 0.15) is 15.7 Å². The minimum Gasteiger partial charge on any atom is -0.143 e. The minimum absolute atomic E-state index is 0.571. The van der Waals surface area contributed by atoms with Gasteiger partial charge in [-0.25, -0.2) is 0 Å². The molecule has 0 saturated carbocycles. The molecule has 0 saturated heterocycles. The van der Waals surface area contributed by atoms with Crippen molar-refractivity contribution in [3.63, 3.8) is 0 Å². The Morgan fingerprint density at radius 2 is 1.67 bits per heavy atom. The maximum atomic E-state index is 5.98. The molecule has 0 aromatic heterocycles. The quantitative estimate of drug-likeness (QED) is 0.486. The van der Waals surface area contributed by atoms with Crippen LogP contribution in [0, 0.1) is 6.92 Å². The first-order valence-electron chi connectivity index (χ1n) is 4.36. The summed E-state index contributed by atoms with van der Waals surface area (Å²) < 4.78 is 0. The van der Waals surface area contributed by atoms with E-state index in [0.717, 1.165) is 16.0 Å². The van der Waals surface area contributed by atoms with Crippen LogP contribution in [0.1, 0.15) is 18.1 Å². The Hall–Kier alpha value is 0.140. The first-order chi connectivity index (χ1) is 6.91. The van der Waals surface area contributed by atoms with Crippen LogP contribution in [-0.4, -0.2) is 15.7 Å². The smallest absolute Gasteiger partial charge is 0.115 e. The second-order valence-electron chi connectivity index (χ2n) is 3.20. The number of rotatable bonds is 1. The second kappa shape index (κ2) is 4.98. The van der Waals surface area contributed by atoms with Gasteiger partial charge in [0.25, 0.3) is 0 Å². The molecule has 4 radical (unpaired) electrons. The third-order valence-corrected chi connectivity index (χ3v) is 3.89. The molecule has 1 rings (SSSR count). The molecule has 1 aromatic rings. The molecule has 1 aromatic carbocycles. The molecule has 0 aliphatic heterocycles. The summed E-state index contributed by atoms with van der Waals surface area (Å²) in [6.45, 7) is 3.75. The maximum Gasteiger partial charge on any atom is 0.115 e. The van der Waals surface area contributed by atoms with Crippen LogP contribution in [0.3, 0.4) is 0 Å². The molecule has 0 aliphatic rings. The highest BCUT2D eigenvalue weighted by Crippen LogP contribution is 2.28. The van der Waals surface area contributed by atoms with Crippen LogP contribution in [0.25, 0.3) is 4.91 Å². The van der Waals surface area contributed by atoms with E-state index in [0.29, 0.717) is 20.7 Å². The van der Waals surface area contributed by atoms with Gasteiger partial charge in [-0.15, -0.1) is 37.9 Å². The standard InChI is InChI=1S/C10H10B2S3/c1-3-5(13)6-7(11)4(2)8(12)10(15)9(6)14/h3,13-15H,1-2H3/b5-3+. The monoisotopic (exact) mass is 248 g/mol. The summed E-state index contributed by atoms with van der Waals surface area (Å²) in [6.07, 6.45) is 1.86. The number of thiol groups is 3. The van der Waals surface area contributed by atoms with Crippen LogP contribution in [0.4, 0.5) is 0 Å². The van der Waals surface area contributed by atoms with Gasteiger partial charge in [-0.1, -0.05) is 22.6 Å². The van der Waals surface area contributed by atoms with E-state index < -0.39 is 0 Å². The second-order valence-corrected chi connectivity index (χ2v) is 4.57. The molecule has 0 bridgehead atoms. The lowest BCUT2D eigenvalue weighted by Crippen LogP contribution is -2.25. The van der Waals surface area contributed by atoms with Crippen LogP contribution in [0.2, 0.25) is 0 Å². The van der Waals surface area contributed by atoms with Crippen molar-refractivity contribution in [3.8, 4) is 0 Å². The van der Waals surface area contributed by atoms with Gasteiger partial charge in [-0.2, -0.15) is 0 Å². The highest BCUT2D eigenvalue weighted by atomic mass is 32.1. The first kappa shape index (κ1) is 13.2. The molecule has 0 aliphatic carbocycles. The Morgan fingerprint density at radius 1 is 1.13 bits per heavy atom. The summed E-state index contributed by atoms with van der Waals surface area (Å²) in [4.78, 5) is 2.09. The number of hydrogen-bond donors (Lipinski definition) is 3. The summed E-state index contributed by atoms with van der Waals surface area (Å²) in [6, 6.07) is 0. The highest BCUT2D eigenvalue weighted by Gasteiger charge is 2.13. The molecular weight excluding hydrogens is 238 g/mol. The van der Waals surface area contributed by atoms with Gasteiger partial charge in [0, 0.05) is 14.7 Å². The Morgan fingerprint density at radius 3 is 2.13 bits per heavy atom. The SMILES string of the molecule is [B]c1c(C)c([B])c(/C(S)=C\C)c(S)c1S. The van der Waals surface area contributed by atoms with Gasteiger partial charge in [0.05, 0.1) is 0 Å². The average molecular weight is 248 g/mol. The van der Waals surface area contributed by atoms with Crippen LogP contribution >= 0.6 is 37.9 Å². The predicted octanol–water partition coefficient (Wildman–Crippen LogP) is 1.45. The summed E-state index contributed by atoms with van der Waals surface area (Å²) >= 11 is 13.0. The van der Waals surface area contributed by atoms with Crippen molar-refractivity contribution in [2.45, 2.75) is 23.6 Å². The molecule has 0 atom stereocenters. The normalized spacial score (nSPS) is 11.9. The Kier molecular flexibility index (Phi) is 4.38. The summed E-state index contributed by atoms with van der Waals surface area (Å²) in [5.41, 5.74) is 2.79. The lowest BCUT2D eigenvalue weighted by Gasteiger charge is -2.18. The van der Waals surface area contributed by atoms with E-state index in [1.54, 1.807) is 0 Å². The van der Waals surface area contributed by atoms with Crippen molar-refractivity contribution >= 4 is 69.4 Å². The molecule has 0 amide bonds. The van der Waals surface area contributed by atoms with Gasteiger partial charge in [-0.05, 0) is 19.4 Å². The van der Waals surface area contributed by atoms with Crippen molar-refractivity contribution in [2.75, 3.05) is 0 Å². The van der Waals surface area contributed by atoms with Crippen LogP contribution < -0.4 is 10.9 Å². The largest absolute Gasteiger partial charge is 0.143 e. The van der Waals surface area contributed by atoms with Gasteiger partial charge in [0.2, 0.25) is 0 Å². The molecule has 0 fully saturated rings. The fourth-order valence-corrected chi connectivity index (χ4v) is 2.25. The molecule has 74 valence electrons. The van der Waals surface area contributed by atoms with Crippen molar-refractivity contribution < 1.29 is 0 Å². The zero-order valence-corrected chi connectivity index (χ0v) is 11.3. The van der Waals surface area contributed by atoms with E-state index in [2.05, 4.69) is 37.9 Å². The van der Waals surface area contributed by atoms with E-state index in [1.165, 1.54) is 0 Å². The third-order valence-electron chi connectivity index (χ3n) is 2.32. The number of allylic oxidation sites excluding steroid dienone is 1. The lowest BCUT2D eigenvalue weighted by molar-refractivity contribution is 1.27. The van der Waals surface area contributed by atoms with Crippen LogP contribution in [0.15, 0.2) is 15.9 Å². The zero-order chi connectivity index (χ0) is 11.7. The molecule has 0 spiro atoms.